The lowest BCUT2D eigenvalue weighted by molar-refractivity contribution is 0.0320. The first-order valence-corrected chi connectivity index (χ1v) is 5.27. The lowest BCUT2D eigenvalue weighted by atomic mass is 10.3. The van der Waals surface area contributed by atoms with E-state index in [1.807, 2.05) is 6.92 Å². The molecule has 1 heterocycles. The van der Waals surface area contributed by atoms with Gasteiger partial charge in [-0.1, -0.05) is 12.1 Å². The molecule has 0 radical (unpaired) electrons. The van der Waals surface area contributed by atoms with Gasteiger partial charge in [-0.3, -0.25) is 0 Å². The van der Waals surface area contributed by atoms with E-state index in [0.29, 0.717) is 16.9 Å². The van der Waals surface area contributed by atoms with Crippen molar-refractivity contribution in [1.29, 1.82) is 0 Å². The summed E-state index contributed by atoms with van der Waals surface area (Å²) < 4.78 is 7.33. The third kappa shape index (κ3) is 2.76. The van der Waals surface area contributed by atoms with E-state index < -0.39 is 6.10 Å². The minimum Gasteiger partial charge on any atom is -0.384 e. The smallest absolute Gasteiger partial charge is 0.154 e. The summed E-state index contributed by atoms with van der Waals surface area (Å²) in [7, 11) is 1.73. The Morgan fingerprint density at radius 1 is 1.64 bits per heavy atom. The molecule has 1 unspecified atom stereocenters. The van der Waals surface area contributed by atoms with E-state index in [1.54, 1.807) is 7.05 Å². The van der Waals surface area contributed by atoms with Crippen molar-refractivity contribution in [2.24, 2.45) is 7.05 Å². The maximum atomic E-state index is 9.74. The van der Waals surface area contributed by atoms with E-state index in [2.05, 4.69) is 26.2 Å². The fraction of sp³-hybridized carbons (Fsp3) is 0.750. The Labute approximate surface area is 91.2 Å². The molecule has 0 aliphatic rings. The van der Waals surface area contributed by atoms with Crippen molar-refractivity contribution in [3.05, 3.63) is 10.3 Å². The van der Waals surface area contributed by atoms with Gasteiger partial charge in [-0.05, 0) is 22.4 Å². The number of hydrogen-bond acceptors (Lipinski definition) is 4. The van der Waals surface area contributed by atoms with E-state index >= 15 is 0 Å². The molecule has 1 N–H and O–H groups in total. The Kier molecular flexibility index (Phi) is 4.50. The Bertz CT molecular complexity index is 271. The molecule has 0 amide bonds. The predicted octanol–water partition coefficient (Wildman–Crippen LogP) is 1.04. The van der Waals surface area contributed by atoms with Gasteiger partial charge in [0.15, 0.2) is 4.60 Å². The fourth-order valence-electron chi connectivity index (χ4n) is 1.11. The highest BCUT2D eigenvalue weighted by Gasteiger charge is 2.17. The molecule has 0 saturated carbocycles. The first kappa shape index (κ1) is 11.6. The van der Waals surface area contributed by atoms with Crippen LogP contribution >= 0.6 is 15.9 Å². The normalized spacial score (nSPS) is 13.1. The van der Waals surface area contributed by atoms with Crippen molar-refractivity contribution in [2.45, 2.75) is 19.4 Å². The van der Waals surface area contributed by atoms with E-state index in [4.69, 9.17) is 4.74 Å². The maximum absolute atomic E-state index is 9.74. The van der Waals surface area contributed by atoms with Gasteiger partial charge in [-0.2, -0.15) is 0 Å². The van der Waals surface area contributed by atoms with Crippen LogP contribution in [0.4, 0.5) is 0 Å². The van der Waals surface area contributed by atoms with E-state index in [1.165, 1.54) is 4.68 Å². The summed E-state index contributed by atoms with van der Waals surface area (Å²) in [4.78, 5) is 0. The molecule has 1 aromatic rings. The molecule has 0 bridgehead atoms. The third-order valence-corrected chi connectivity index (χ3v) is 2.33. The number of aliphatic hydroxyl groups excluding tert-OH is 1. The number of aryl methyl sites for hydroxylation is 1. The molecular weight excluding hydrogens is 250 g/mol. The predicted molar refractivity (Wildman–Crippen MR) is 54.8 cm³/mol. The number of rotatable bonds is 5. The molecule has 0 fully saturated rings. The second-order valence-electron chi connectivity index (χ2n) is 2.98. The topological polar surface area (TPSA) is 60.2 Å². The van der Waals surface area contributed by atoms with Gasteiger partial charge in [0, 0.05) is 13.7 Å². The van der Waals surface area contributed by atoms with E-state index in [-0.39, 0.29) is 6.61 Å². The highest BCUT2D eigenvalue weighted by molar-refractivity contribution is 9.10. The van der Waals surface area contributed by atoms with Crippen LogP contribution in [0.25, 0.3) is 0 Å². The number of hydrogen-bond donors (Lipinski definition) is 1. The van der Waals surface area contributed by atoms with Gasteiger partial charge in [-0.25, -0.2) is 4.68 Å². The molecular formula is C8H14BrN3O2. The quantitative estimate of drug-likeness (QED) is 0.807. The summed E-state index contributed by atoms with van der Waals surface area (Å²) in [6.45, 7) is 2.95. The average molecular weight is 264 g/mol. The van der Waals surface area contributed by atoms with Crippen molar-refractivity contribution in [3.63, 3.8) is 0 Å². The minimum absolute atomic E-state index is 0.271. The number of aromatic nitrogens is 3. The monoisotopic (exact) mass is 263 g/mol. The number of halogens is 1. The number of nitrogens with zero attached hydrogens (tertiary/aromatic N) is 3. The van der Waals surface area contributed by atoms with Gasteiger partial charge in [0.1, 0.15) is 11.8 Å². The van der Waals surface area contributed by atoms with E-state index in [0.717, 1.165) is 6.42 Å². The Morgan fingerprint density at radius 3 is 2.86 bits per heavy atom. The SMILES string of the molecule is CCCOCC(O)c1c(Br)nnn1C. The van der Waals surface area contributed by atoms with E-state index in [9.17, 15) is 5.11 Å². The summed E-state index contributed by atoms with van der Waals surface area (Å²) in [5.41, 5.74) is 0.640. The summed E-state index contributed by atoms with van der Waals surface area (Å²) in [6, 6.07) is 0. The molecule has 0 aliphatic carbocycles. The number of ether oxygens (including phenoxy) is 1. The van der Waals surface area contributed by atoms with Gasteiger partial charge >= 0.3 is 0 Å². The molecule has 0 aromatic carbocycles. The van der Waals surface area contributed by atoms with Gasteiger partial charge in [-0.15, -0.1) is 5.10 Å². The largest absolute Gasteiger partial charge is 0.384 e. The third-order valence-electron chi connectivity index (χ3n) is 1.77. The highest BCUT2D eigenvalue weighted by atomic mass is 79.9. The molecule has 0 spiro atoms. The molecule has 1 aromatic heterocycles. The van der Waals surface area contributed by atoms with Crippen LogP contribution < -0.4 is 0 Å². The van der Waals surface area contributed by atoms with Crippen LogP contribution in [0.2, 0.25) is 0 Å². The molecule has 14 heavy (non-hydrogen) atoms. The Balaban J connectivity index is 2.55. The van der Waals surface area contributed by atoms with Gasteiger partial charge in [0.25, 0.3) is 0 Å². The fourth-order valence-corrected chi connectivity index (χ4v) is 1.70. The lowest BCUT2D eigenvalue weighted by Gasteiger charge is -2.10. The number of aliphatic hydroxyl groups is 1. The van der Waals surface area contributed by atoms with Crippen LogP contribution in [0, 0.1) is 0 Å². The van der Waals surface area contributed by atoms with Crippen LogP contribution in [0.5, 0.6) is 0 Å². The standard InChI is InChI=1S/C8H14BrN3O2/c1-3-4-14-5-6(13)7-8(9)10-11-12(7)2/h6,13H,3-5H2,1-2H3. The van der Waals surface area contributed by atoms with Crippen molar-refractivity contribution in [1.82, 2.24) is 15.0 Å². The summed E-state index contributed by atoms with van der Waals surface area (Å²) in [5, 5.41) is 17.3. The molecule has 1 atom stereocenters. The van der Waals surface area contributed by atoms with Crippen molar-refractivity contribution in [2.75, 3.05) is 13.2 Å². The average Bonchev–Trinajstić information content (AvgIpc) is 2.46. The highest BCUT2D eigenvalue weighted by Crippen LogP contribution is 2.20. The summed E-state index contributed by atoms with van der Waals surface area (Å²) in [6.07, 6.45) is 0.258. The molecule has 80 valence electrons. The maximum Gasteiger partial charge on any atom is 0.154 e. The molecule has 0 saturated heterocycles. The van der Waals surface area contributed by atoms with Crippen LogP contribution in [-0.4, -0.2) is 33.3 Å². The van der Waals surface area contributed by atoms with Crippen LogP contribution in [0.1, 0.15) is 25.1 Å². The van der Waals surface area contributed by atoms with Crippen molar-refractivity contribution < 1.29 is 9.84 Å². The van der Waals surface area contributed by atoms with Gasteiger partial charge < -0.3 is 9.84 Å². The Hall–Kier alpha value is -0.460. The first-order valence-electron chi connectivity index (χ1n) is 4.47. The summed E-state index contributed by atoms with van der Waals surface area (Å²) in [5.74, 6) is 0. The second-order valence-corrected chi connectivity index (χ2v) is 3.73. The molecule has 0 aliphatic heterocycles. The van der Waals surface area contributed by atoms with Crippen LogP contribution in [-0.2, 0) is 11.8 Å². The molecule has 1 rings (SSSR count). The lowest BCUT2D eigenvalue weighted by Crippen LogP contribution is -2.12. The van der Waals surface area contributed by atoms with Crippen molar-refractivity contribution >= 4 is 15.9 Å². The van der Waals surface area contributed by atoms with Crippen LogP contribution in [0.15, 0.2) is 4.60 Å². The minimum atomic E-state index is -0.684. The second kappa shape index (κ2) is 5.43. The molecule has 6 heteroatoms. The zero-order chi connectivity index (χ0) is 10.6. The van der Waals surface area contributed by atoms with Gasteiger partial charge in [0.2, 0.25) is 0 Å². The summed E-state index contributed by atoms with van der Waals surface area (Å²) >= 11 is 3.22. The van der Waals surface area contributed by atoms with Crippen LogP contribution in [0.3, 0.4) is 0 Å². The zero-order valence-corrected chi connectivity index (χ0v) is 9.86. The van der Waals surface area contributed by atoms with Gasteiger partial charge in [0.05, 0.1) is 6.61 Å². The molecule has 5 nitrogen and oxygen atoms in total. The van der Waals surface area contributed by atoms with Crippen molar-refractivity contribution in [3.8, 4) is 0 Å². The Morgan fingerprint density at radius 2 is 2.36 bits per heavy atom. The zero-order valence-electron chi connectivity index (χ0n) is 8.27. The first-order chi connectivity index (χ1) is 6.66.